The highest BCUT2D eigenvalue weighted by atomic mass is 79.9. The van der Waals surface area contributed by atoms with E-state index in [2.05, 4.69) is 22.0 Å². The van der Waals surface area contributed by atoms with E-state index in [0.29, 0.717) is 4.47 Å². The van der Waals surface area contributed by atoms with E-state index in [-0.39, 0.29) is 24.4 Å². The van der Waals surface area contributed by atoms with Gasteiger partial charge in [-0.2, -0.15) is 5.26 Å². The number of rotatable bonds is 4. The summed E-state index contributed by atoms with van der Waals surface area (Å²) in [6.07, 6.45) is 0.272. The second kappa shape index (κ2) is 9.02. The normalized spacial score (nSPS) is 13.2. The fraction of sp³-hybridized carbons (Fsp3) is 0.556. The zero-order valence-electron chi connectivity index (χ0n) is 14.7. The summed E-state index contributed by atoms with van der Waals surface area (Å²) < 4.78 is 19.9. The SMILES string of the molecule is CC.CC(C)(C)OC(=O)CCC(C)(C#N)c1ccc(Br)cc1F. The van der Waals surface area contributed by atoms with Crippen LogP contribution in [0.25, 0.3) is 0 Å². The van der Waals surface area contributed by atoms with E-state index in [0.717, 1.165) is 0 Å². The van der Waals surface area contributed by atoms with Gasteiger partial charge in [0.2, 0.25) is 0 Å². The van der Waals surface area contributed by atoms with Gasteiger partial charge in [-0.1, -0.05) is 35.8 Å². The topological polar surface area (TPSA) is 50.1 Å². The van der Waals surface area contributed by atoms with E-state index in [1.807, 2.05) is 13.8 Å². The molecule has 0 N–H and O–H groups in total. The predicted octanol–water partition coefficient (Wildman–Crippen LogP) is 5.52. The zero-order valence-corrected chi connectivity index (χ0v) is 16.3. The summed E-state index contributed by atoms with van der Waals surface area (Å²) in [6, 6.07) is 6.68. The maximum Gasteiger partial charge on any atom is 0.306 e. The van der Waals surface area contributed by atoms with E-state index >= 15 is 0 Å². The second-order valence-corrected chi connectivity index (χ2v) is 7.07. The minimum Gasteiger partial charge on any atom is -0.460 e. The van der Waals surface area contributed by atoms with Gasteiger partial charge < -0.3 is 4.74 Å². The van der Waals surface area contributed by atoms with Gasteiger partial charge in [-0.3, -0.25) is 4.79 Å². The molecule has 3 nitrogen and oxygen atoms in total. The first-order valence-electron chi connectivity index (χ1n) is 7.66. The van der Waals surface area contributed by atoms with E-state index in [4.69, 9.17) is 4.74 Å². The minimum absolute atomic E-state index is 0.0663. The van der Waals surface area contributed by atoms with Crippen LogP contribution in [0.2, 0.25) is 0 Å². The summed E-state index contributed by atoms with van der Waals surface area (Å²) >= 11 is 3.18. The van der Waals surface area contributed by atoms with Crippen LogP contribution in [0.5, 0.6) is 0 Å². The first-order chi connectivity index (χ1) is 10.6. The van der Waals surface area contributed by atoms with Crippen LogP contribution in [0.1, 0.15) is 59.9 Å². The Morgan fingerprint density at radius 2 is 1.87 bits per heavy atom. The molecule has 0 saturated heterocycles. The Bertz CT molecular complexity index is 575. The standard InChI is InChI=1S/C16H19BrFNO2.C2H6/c1-15(2,3)21-14(20)7-8-16(4,10-19)12-6-5-11(17)9-13(12)18;1-2/h5-6,9H,7-8H2,1-4H3;1-2H3. The number of halogens is 2. The number of ether oxygens (including phenoxy) is 1. The number of benzene rings is 1. The van der Waals surface area contributed by atoms with Crippen LogP contribution in [0.3, 0.4) is 0 Å². The molecule has 0 aliphatic heterocycles. The Morgan fingerprint density at radius 3 is 2.30 bits per heavy atom. The summed E-state index contributed by atoms with van der Waals surface area (Å²) in [5.41, 5.74) is -1.35. The molecule has 0 spiro atoms. The molecule has 1 unspecified atom stereocenters. The van der Waals surface area contributed by atoms with Crippen molar-refractivity contribution in [3.05, 3.63) is 34.1 Å². The van der Waals surface area contributed by atoms with E-state index < -0.39 is 16.8 Å². The lowest BCUT2D eigenvalue weighted by Crippen LogP contribution is -2.27. The van der Waals surface area contributed by atoms with E-state index in [1.54, 1.807) is 39.8 Å². The Morgan fingerprint density at radius 1 is 1.30 bits per heavy atom. The van der Waals surface area contributed by atoms with Crippen molar-refractivity contribution in [3.63, 3.8) is 0 Å². The number of esters is 1. The highest BCUT2D eigenvalue weighted by molar-refractivity contribution is 9.10. The molecule has 1 aromatic carbocycles. The maximum atomic E-state index is 14.0. The van der Waals surface area contributed by atoms with Gasteiger partial charge in [0.25, 0.3) is 0 Å². The molecular formula is C18H25BrFNO2. The van der Waals surface area contributed by atoms with Gasteiger partial charge in [0, 0.05) is 16.5 Å². The summed E-state index contributed by atoms with van der Waals surface area (Å²) in [4.78, 5) is 11.8. The van der Waals surface area contributed by atoms with Gasteiger partial charge in [0.1, 0.15) is 11.4 Å². The molecule has 128 valence electrons. The maximum absolute atomic E-state index is 14.0. The summed E-state index contributed by atoms with van der Waals surface area (Å²) in [7, 11) is 0. The summed E-state index contributed by atoms with van der Waals surface area (Å²) in [5, 5.41) is 9.40. The van der Waals surface area contributed by atoms with Gasteiger partial charge in [0.15, 0.2) is 0 Å². The van der Waals surface area contributed by atoms with Gasteiger partial charge in [-0.05, 0) is 46.2 Å². The Hall–Kier alpha value is -1.41. The largest absolute Gasteiger partial charge is 0.460 e. The van der Waals surface area contributed by atoms with E-state index in [1.165, 1.54) is 6.07 Å². The second-order valence-electron chi connectivity index (χ2n) is 6.15. The molecule has 1 rings (SSSR count). The van der Waals surface area contributed by atoms with Crippen molar-refractivity contribution in [2.45, 2.75) is 65.4 Å². The lowest BCUT2D eigenvalue weighted by molar-refractivity contribution is -0.155. The first-order valence-corrected chi connectivity index (χ1v) is 8.45. The van der Waals surface area contributed by atoms with Gasteiger partial charge in [-0.25, -0.2) is 4.39 Å². The lowest BCUT2D eigenvalue weighted by Gasteiger charge is -2.24. The Balaban J connectivity index is 0.00000232. The van der Waals surface area contributed by atoms with Crippen molar-refractivity contribution >= 4 is 21.9 Å². The molecule has 0 amide bonds. The molecule has 1 atom stereocenters. The zero-order chi connectivity index (χ0) is 18.3. The first kappa shape index (κ1) is 21.6. The molecule has 0 heterocycles. The van der Waals surface area contributed by atoms with Crippen LogP contribution < -0.4 is 0 Å². The highest BCUT2D eigenvalue weighted by Gasteiger charge is 2.31. The van der Waals surface area contributed by atoms with Crippen LogP contribution in [0.15, 0.2) is 22.7 Å². The van der Waals surface area contributed by atoms with Crippen LogP contribution >= 0.6 is 15.9 Å². The van der Waals surface area contributed by atoms with Gasteiger partial charge >= 0.3 is 5.97 Å². The number of hydrogen-bond donors (Lipinski definition) is 0. The van der Waals surface area contributed by atoms with Crippen molar-refractivity contribution in [2.75, 3.05) is 0 Å². The van der Waals surface area contributed by atoms with Crippen LogP contribution in [0.4, 0.5) is 4.39 Å². The molecule has 0 aliphatic rings. The van der Waals surface area contributed by atoms with Crippen LogP contribution in [0, 0.1) is 17.1 Å². The molecule has 1 aromatic rings. The van der Waals surface area contributed by atoms with Crippen LogP contribution in [-0.4, -0.2) is 11.6 Å². The molecule has 0 bridgehead atoms. The molecule has 0 radical (unpaired) electrons. The molecular weight excluding hydrogens is 361 g/mol. The number of carbonyl (C=O) groups excluding carboxylic acids is 1. The van der Waals surface area contributed by atoms with Gasteiger partial charge in [0.05, 0.1) is 11.5 Å². The molecule has 23 heavy (non-hydrogen) atoms. The third-order valence-electron chi connectivity index (χ3n) is 3.02. The Labute approximate surface area is 147 Å². The van der Waals surface area contributed by atoms with Crippen molar-refractivity contribution in [2.24, 2.45) is 0 Å². The third-order valence-corrected chi connectivity index (χ3v) is 3.51. The highest BCUT2D eigenvalue weighted by Crippen LogP contribution is 2.32. The van der Waals surface area contributed by atoms with Crippen molar-refractivity contribution < 1.29 is 13.9 Å². The predicted molar refractivity (Wildman–Crippen MR) is 93.5 cm³/mol. The van der Waals surface area contributed by atoms with Crippen LogP contribution in [-0.2, 0) is 14.9 Å². The summed E-state index contributed by atoms with van der Waals surface area (Å²) in [5.74, 6) is -0.848. The average molecular weight is 386 g/mol. The fourth-order valence-electron chi connectivity index (χ4n) is 1.93. The number of hydrogen-bond acceptors (Lipinski definition) is 3. The van der Waals surface area contributed by atoms with E-state index in [9.17, 15) is 14.4 Å². The molecule has 0 aromatic heterocycles. The monoisotopic (exact) mass is 385 g/mol. The molecule has 0 aliphatic carbocycles. The van der Waals surface area contributed by atoms with Crippen molar-refractivity contribution in [1.29, 1.82) is 5.26 Å². The van der Waals surface area contributed by atoms with Gasteiger partial charge in [-0.15, -0.1) is 0 Å². The fourth-order valence-corrected chi connectivity index (χ4v) is 2.27. The summed E-state index contributed by atoms with van der Waals surface area (Å²) in [6.45, 7) is 11.0. The quantitative estimate of drug-likeness (QED) is 0.641. The lowest BCUT2D eigenvalue weighted by atomic mass is 9.79. The van der Waals surface area contributed by atoms with Crippen molar-refractivity contribution in [1.82, 2.24) is 0 Å². The number of carbonyl (C=O) groups is 1. The van der Waals surface area contributed by atoms with Crippen molar-refractivity contribution in [3.8, 4) is 6.07 Å². The minimum atomic E-state index is -1.07. The average Bonchev–Trinajstić information content (AvgIpc) is 2.45. The number of nitrogens with zero attached hydrogens (tertiary/aromatic N) is 1. The smallest absolute Gasteiger partial charge is 0.306 e. The Kier molecular flexibility index (Phi) is 8.47. The third kappa shape index (κ3) is 7.13. The molecule has 0 saturated carbocycles. The number of nitriles is 1. The molecule has 5 heteroatoms. The molecule has 0 fully saturated rings.